The molecule has 0 fully saturated rings. The Morgan fingerprint density at radius 2 is 1.95 bits per heavy atom. The maximum atomic E-state index is 11.6. The lowest BCUT2D eigenvalue weighted by Crippen LogP contribution is -2.48. The number of hydrazine groups is 1. The van der Waals surface area contributed by atoms with Crippen molar-refractivity contribution in [2.45, 2.75) is 19.9 Å². The Hall–Kier alpha value is -2.64. The number of nitro benzene ring substituents is 1. The summed E-state index contributed by atoms with van der Waals surface area (Å²) in [6.45, 7) is 3.53. The molecule has 0 atom stereocenters. The van der Waals surface area contributed by atoms with Gasteiger partial charge in [-0.15, -0.1) is 0 Å². The van der Waals surface area contributed by atoms with Crippen LogP contribution in [0.4, 0.5) is 10.5 Å². The van der Waals surface area contributed by atoms with Crippen LogP contribution in [0.2, 0.25) is 0 Å². The van der Waals surface area contributed by atoms with E-state index in [2.05, 4.69) is 16.2 Å². The first kappa shape index (κ1) is 14.4. The van der Waals surface area contributed by atoms with Gasteiger partial charge in [0.15, 0.2) is 0 Å². The van der Waals surface area contributed by atoms with Crippen LogP contribution in [-0.2, 0) is 0 Å². The Morgan fingerprint density at radius 3 is 2.53 bits per heavy atom. The van der Waals surface area contributed by atoms with Crippen molar-refractivity contribution in [2.75, 3.05) is 0 Å². The van der Waals surface area contributed by atoms with Crippen LogP contribution in [0.15, 0.2) is 24.3 Å². The average Bonchev–Trinajstić information content (AvgIpc) is 2.35. The second kappa shape index (κ2) is 6.34. The lowest BCUT2D eigenvalue weighted by Gasteiger charge is -2.10. The smallest absolute Gasteiger partial charge is 0.333 e. The Morgan fingerprint density at radius 1 is 1.26 bits per heavy atom. The highest BCUT2D eigenvalue weighted by Crippen LogP contribution is 2.12. The minimum Gasteiger partial charge on any atom is -0.335 e. The van der Waals surface area contributed by atoms with Crippen molar-refractivity contribution >= 4 is 17.6 Å². The molecular formula is C11H14N4O4. The Balaban J connectivity index is 2.61. The standard InChI is InChI=1S/C11H14N4O4/c1-7(2)12-11(17)14-13-10(16)8-4-3-5-9(6-8)15(18)19/h3-7H,1-2H3,(H,13,16)(H2,12,14,17). The molecule has 0 saturated heterocycles. The fourth-order valence-corrected chi connectivity index (χ4v) is 1.24. The van der Waals surface area contributed by atoms with Gasteiger partial charge in [0, 0.05) is 23.7 Å². The molecule has 3 amide bonds. The molecule has 1 aromatic rings. The van der Waals surface area contributed by atoms with Gasteiger partial charge in [0.2, 0.25) is 0 Å². The van der Waals surface area contributed by atoms with Crippen LogP contribution in [0.25, 0.3) is 0 Å². The molecular weight excluding hydrogens is 252 g/mol. The van der Waals surface area contributed by atoms with Crippen LogP contribution in [0.3, 0.4) is 0 Å². The predicted octanol–water partition coefficient (Wildman–Crippen LogP) is 0.947. The molecule has 102 valence electrons. The highest BCUT2D eigenvalue weighted by atomic mass is 16.6. The van der Waals surface area contributed by atoms with Crippen molar-refractivity contribution in [1.82, 2.24) is 16.2 Å². The number of nitrogens with zero attached hydrogens (tertiary/aromatic N) is 1. The van der Waals surface area contributed by atoms with Crippen molar-refractivity contribution in [2.24, 2.45) is 0 Å². The molecule has 0 unspecified atom stereocenters. The number of carbonyl (C=O) groups is 2. The molecule has 0 radical (unpaired) electrons. The third-order valence-electron chi connectivity index (χ3n) is 2.03. The van der Waals surface area contributed by atoms with E-state index in [0.717, 1.165) is 6.07 Å². The van der Waals surface area contributed by atoms with Crippen LogP contribution in [0.5, 0.6) is 0 Å². The summed E-state index contributed by atoms with van der Waals surface area (Å²) in [7, 11) is 0. The first-order valence-electron chi connectivity index (χ1n) is 5.51. The molecule has 1 rings (SSSR count). The molecule has 0 aliphatic carbocycles. The Kier molecular flexibility index (Phi) is 4.81. The van der Waals surface area contributed by atoms with Crippen LogP contribution >= 0.6 is 0 Å². The van der Waals surface area contributed by atoms with E-state index in [1.54, 1.807) is 13.8 Å². The molecule has 0 spiro atoms. The first-order valence-corrected chi connectivity index (χ1v) is 5.51. The van der Waals surface area contributed by atoms with Gasteiger partial charge in [0.1, 0.15) is 0 Å². The minimum atomic E-state index is -0.636. The summed E-state index contributed by atoms with van der Waals surface area (Å²) in [4.78, 5) is 32.8. The molecule has 0 heterocycles. The number of non-ortho nitro benzene ring substituents is 1. The van der Waals surface area contributed by atoms with E-state index in [1.165, 1.54) is 18.2 Å². The van der Waals surface area contributed by atoms with Gasteiger partial charge in [-0.05, 0) is 19.9 Å². The summed E-state index contributed by atoms with van der Waals surface area (Å²) < 4.78 is 0. The molecule has 3 N–H and O–H groups in total. The van der Waals surface area contributed by atoms with E-state index in [4.69, 9.17) is 0 Å². The molecule has 0 bridgehead atoms. The summed E-state index contributed by atoms with van der Waals surface area (Å²) in [6.07, 6.45) is 0. The lowest BCUT2D eigenvalue weighted by atomic mass is 10.2. The topological polar surface area (TPSA) is 113 Å². The van der Waals surface area contributed by atoms with E-state index in [0.29, 0.717) is 0 Å². The monoisotopic (exact) mass is 266 g/mol. The SMILES string of the molecule is CC(C)NC(=O)NNC(=O)c1cccc([N+](=O)[O-])c1. The quantitative estimate of drug-likeness (QED) is 0.558. The fraction of sp³-hybridized carbons (Fsp3) is 0.273. The third-order valence-corrected chi connectivity index (χ3v) is 2.03. The number of hydrogen-bond acceptors (Lipinski definition) is 4. The van der Waals surface area contributed by atoms with Gasteiger partial charge >= 0.3 is 6.03 Å². The molecule has 1 aromatic carbocycles. The van der Waals surface area contributed by atoms with Gasteiger partial charge in [-0.1, -0.05) is 6.07 Å². The molecule has 8 heteroatoms. The number of benzene rings is 1. The van der Waals surface area contributed by atoms with Crippen LogP contribution in [0.1, 0.15) is 24.2 Å². The second-order valence-electron chi connectivity index (χ2n) is 4.01. The zero-order valence-electron chi connectivity index (χ0n) is 10.5. The number of amides is 3. The largest absolute Gasteiger partial charge is 0.335 e. The van der Waals surface area contributed by atoms with E-state index in [1.807, 2.05) is 0 Å². The summed E-state index contributed by atoms with van der Waals surface area (Å²) in [6, 6.07) is 4.56. The molecule has 0 aromatic heterocycles. The number of nitrogens with one attached hydrogen (secondary N) is 3. The molecule has 8 nitrogen and oxygen atoms in total. The molecule has 0 aliphatic heterocycles. The van der Waals surface area contributed by atoms with Gasteiger partial charge in [-0.2, -0.15) is 0 Å². The number of rotatable bonds is 3. The van der Waals surface area contributed by atoms with E-state index in [9.17, 15) is 19.7 Å². The van der Waals surface area contributed by atoms with Crippen LogP contribution in [0, 0.1) is 10.1 Å². The molecule has 0 aliphatic rings. The highest BCUT2D eigenvalue weighted by Gasteiger charge is 2.12. The number of hydrogen-bond donors (Lipinski definition) is 3. The summed E-state index contributed by atoms with van der Waals surface area (Å²) >= 11 is 0. The maximum Gasteiger partial charge on any atom is 0.333 e. The van der Waals surface area contributed by atoms with Gasteiger partial charge in [0.25, 0.3) is 11.6 Å². The van der Waals surface area contributed by atoms with Gasteiger partial charge in [-0.25, -0.2) is 10.2 Å². The predicted molar refractivity (Wildman–Crippen MR) is 67.4 cm³/mol. The van der Waals surface area contributed by atoms with Crippen molar-refractivity contribution in [3.05, 3.63) is 39.9 Å². The van der Waals surface area contributed by atoms with E-state index >= 15 is 0 Å². The Labute approximate surface area is 109 Å². The van der Waals surface area contributed by atoms with Gasteiger partial charge in [-0.3, -0.25) is 20.3 Å². The fourth-order valence-electron chi connectivity index (χ4n) is 1.24. The van der Waals surface area contributed by atoms with Crippen LogP contribution < -0.4 is 16.2 Å². The van der Waals surface area contributed by atoms with Crippen molar-refractivity contribution in [3.63, 3.8) is 0 Å². The number of urea groups is 1. The van der Waals surface area contributed by atoms with E-state index in [-0.39, 0.29) is 17.3 Å². The first-order chi connectivity index (χ1) is 8.90. The van der Waals surface area contributed by atoms with Gasteiger partial charge < -0.3 is 5.32 Å². The average molecular weight is 266 g/mol. The third kappa shape index (κ3) is 4.62. The normalized spacial score (nSPS) is 9.84. The zero-order chi connectivity index (χ0) is 14.4. The van der Waals surface area contributed by atoms with Crippen LogP contribution in [-0.4, -0.2) is 22.9 Å². The summed E-state index contributed by atoms with van der Waals surface area (Å²) in [5.74, 6) is -0.636. The molecule has 19 heavy (non-hydrogen) atoms. The second-order valence-corrected chi connectivity index (χ2v) is 4.01. The Bertz CT molecular complexity index is 501. The molecule has 0 saturated carbocycles. The van der Waals surface area contributed by atoms with Crippen molar-refractivity contribution < 1.29 is 14.5 Å². The highest BCUT2D eigenvalue weighted by molar-refractivity contribution is 5.95. The van der Waals surface area contributed by atoms with Crippen molar-refractivity contribution in [3.8, 4) is 0 Å². The summed E-state index contributed by atoms with van der Waals surface area (Å²) in [5, 5.41) is 13.1. The lowest BCUT2D eigenvalue weighted by molar-refractivity contribution is -0.384. The number of carbonyl (C=O) groups excluding carboxylic acids is 2. The number of nitro groups is 1. The zero-order valence-corrected chi connectivity index (χ0v) is 10.5. The maximum absolute atomic E-state index is 11.6. The summed E-state index contributed by atoms with van der Waals surface area (Å²) in [5.41, 5.74) is 4.18. The minimum absolute atomic E-state index is 0.0743. The van der Waals surface area contributed by atoms with Crippen molar-refractivity contribution in [1.29, 1.82) is 0 Å². The van der Waals surface area contributed by atoms with E-state index < -0.39 is 16.9 Å². The van der Waals surface area contributed by atoms with Gasteiger partial charge in [0.05, 0.1) is 4.92 Å².